The number of hydrogen-bond donors (Lipinski definition) is 2. The summed E-state index contributed by atoms with van der Waals surface area (Å²) in [6, 6.07) is 19.4. The van der Waals surface area contributed by atoms with Gasteiger partial charge in [0.05, 0.1) is 10.5 Å². The lowest BCUT2D eigenvalue weighted by molar-refractivity contribution is -0.384. The largest absolute Gasteiger partial charge is 0.366 e. The highest BCUT2D eigenvalue weighted by Gasteiger charge is 2.27. The van der Waals surface area contributed by atoms with E-state index in [1.807, 2.05) is 18.2 Å². The molecule has 8 nitrogen and oxygen atoms in total. The summed E-state index contributed by atoms with van der Waals surface area (Å²) in [6.07, 6.45) is 2.84. The molecule has 5 rings (SSSR count). The van der Waals surface area contributed by atoms with Crippen molar-refractivity contribution >= 4 is 28.9 Å². The zero-order chi connectivity index (χ0) is 23.7. The van der Waals surface area contributed by atoms with Crippen LogP contribution < -0.4 is 15.5 Å². The van der Waals surface area contributed by atoms with Gasteiger partial charge in [-0.3, -0.25) is 19.7 Å². The lowest BCUT2D eigenvalue weighted by Gasteiger charge is -2.32. The molecular formula is C26H24N4O4. The van der Waals surface area contributed by atoms with Gasteiger partial charge in [-0.1, -0.05) is 30.3 Å². The smallest absolute Gasteiger partial charge is 0.270 e. The van der Waals surface area contributed by atoms with E-state index in [1.165, 1.54) is 35.4 Å². The molecule has 0 atom stereocenters. The van der Waals surface area contributed by atoms with Gasteiger partial charge in [-0.25, -0.2) is 0 Å². The van der Waals surface area contributed by atoms with Crippen LogP contribution in [0.2, 0.25) is 0 Å². The zero-order valence-corrected chi connectivity index (χ0v) is 18.5. The number of amides is 2. The molecule has 0 spiro atoms. The van der Waals surface area contributed by atoms with Gasteiger partial charge < -0.3 is 15.5 Å². The van der Waals surface area contributed by atoms with E-state index in [-0.39, 0.29) is 23.2 Å². The summed E-state index contributed by atoms with van der Waals surface area (Å²) >= 11 is 0. The number of fused-ring (bicyclic) bond motifs is 1. The Kier molecular flexibility index (Phi) is 5.71. The molecule has 1 heterocycles. The van der Waals surface area contributed by atoms with Crippen molar-refractivity contribution in [2.45, 2.75) is 31.8 Å². The Labute approximate surface area is 196 Å². The van der Waals surface area contributed by atoms with Crippen LogP contribution in [0.3, 0.4) is 0 Å². The Bertz CT molecular complexity index is 1290. The summed E-state index contributed by atoms with van der Waals surface area (Å²) < 4.78 is 0. The molecule has 0 bridgehead atoms. The van der Waals surface area contributed by atoms with Crippen molar-refractivity contribution in [1.82, 2.24) is 5.32 Å². The summed E-state index contributed by atoms with van der Waals surface area (Å²) in [5, 5.41) is 16.9. The molecule has 2 amide bonds. The number of anilines is 2. The minimum atomic E-state index is -0.539. The van der Waals surface area contributed by atoms with Gasteiger partial charge >= 0.3 is 0 Å². The van der Waals surface area contributed by atoms with Crippen molar-refractivity contribution in [1.29, 1.82) is 0 Å². The first kappa shape index (κ1) is 21.6. The quantitative estimate of drug-likeness (QED) is 0.425. The monoisotopic (exact) mass is 456 g/mol. The number of non-ortho nitro benzene ring substituents is 1. The van der Waals surface area contributed by atoms with Gasteiger partial charge in [0.15, 0.2) is 0 Å². The normalized spacial score (nSPS) is 14.8. The molecule has 1 saturated carbocycles. The van der Waals surface area contributed by atoms with Crippen molar-refractivity contribution in [3.63, 3.8) is 0 Å². The SMILES string of the molecule is O=C(Nc1ccc(N2CCc3ccccc3C2)c(C(=O)NC2CC2)c1)c1cccc([N+](=O)[O-])c1. The van der Waals surface area contributed by atoms with Crippen LogP contribution in [0.15, 0.2) is 66.7 Å². The van der Waals surface area contributed by atoms with Crippen LogP contribution in [-0.4, -0.2) is 29.3 Å². The van der Waals surface area contributed by atoms with Crippen molar-refractivity contribution < 1.29 is 14.5 Å². The number of hydrogen-bond acceptors (Lipinski definition) is 5. The second-order valence-electron chi connectivity index (χ2n) is 8.68. The molecule has 1 fully saturated rings. The molecule has 1 aliphatic carbocycles. The predicted octanol–water partition coefficient (Wildman–Crippen LogP) is 4.30. The van der Waals surface area contributed by atoms with Crippen LogP contribution in [-0.2, 0) is 13.0 Å². The number of nitrogens with zero attached hydrogens (tertiary/aromatic N) is 2. The van der Waals surface area contributed by atoms with E-state index in [0.717, 1.165) is 31.5 Å². The Morgan fingerprint density at radius 2 is 1.74 bits per heavy atom. The highest BCUT2D eigenvalue weighted by atomic mass is 16.6. The Morgan fingerprint density at radius 1 is 0.941 bits per heavy atom. The van der Waals surface area contributed by atoms with Gasteiger partial charge in [-0.15, -0.1) is 0 Å². The van der Waals surface area contributed by atoms with E-state index in [2.05, 4.69) is 27.7 Å². The summed E-state index contributed by atoms with van der Waals surface area (Å²) in [5.41, 5.74) is 4.37. The third-order valence-electron chi connectivity index (χ3n) is 6.20. The number of nitrogens with one attached hydrogen (secondary N) is 2. The Morgan fingerprint density at radius 3 is 2.50 bits per heavy atom. The van der Waals surface area contributed by atoms with E-state index in [0.29, 0.717) is 17.8 Å². The number of rotatable bonds is 6. The zero-order valence-electron chi connectivity index (χ0n) is 18.5. The number of carbonyl (C=O) groups is 2. The van der Waals surface area contributed by atoms with Crippen LogP contribution in [0.25, 0.3) is 0 Å². The van der Waals surface area contributed by atoms with Gasteiger partial charge in [0, 0.05) is 48.2 Å². The maximum atomic E-state index is 13.1. The fourth-order valence-corrected chi connectivity index (χ4v) is 4.23. The highest BCUT2D eigenvalue weighted by molar-refractivity contribution is 6.06. The fraction of sp³-hybridized carbons (Fsp3) is 0.231. The molecule has 2 N–H and O–H groups in total. The molecule has 0 unspecified atom stereocenters. The molecule has 172 valence electrons. The number of nitro benzene ring substituents is 1. The molecule has 8 heteroatoms. The second kappa shape index (κ2) is 8.97. The lowest BCUT2D eigenvalue weighted by Crippen LogP contribution is -2.33. The van der Waals surface area contributed by atoms with Crippen molar-refractivity contribution in [3.05, 3.63) is 99.1 Å². The van der Waals surface area contributed by atoms with Crippen LogP contribution in [0.1, 0.15) is 44.7 Å². The summed E-state index contributed by atoms with van der Waals surface area (Å²) in [7, 11) is 0. The third kappa shape index (κ3) is 4.61. The van der Waals surface area contributed by atoms with E-state index in [4.69, 9.17) is 0 Å². The summed E-state index contributed by atoms with van der Waals surface area (Å²) in [4.78, 5) is 38.5. The van der Waals surface area contributed by atoms with E-state index in [1.54, 1.807) is 12.1 Å². The predicted molar refractivity (Wildman–Crippen MR) is 129 cm³/mol. The van der Waals surface area contributed by atoms with Gasteiger partial charge in [0.2, 0.25) is 0 Å². The van der Waals surface area contributed by atoms with Crippen molar-refractivity contribution in [2.24, 2.45) is 0 Å². The number of benzene rings is 3. The first-order valence-electron chi connectivity index (χ1n) is 11.3. The molecule has 0 aromatic heterocycles. The average molecular weight is 457 g/mol. The molecule has 3 aromatic rings. The minimum absolute atomic E-state index is 0.155. The van der Waals surface area contributed by atoms with Gasteiger partial charge in [-0.05, 0) is 54.7 Å². The standard InChI is InChI=1S/C26H24N4O4/c31-25(18-6-3-7-22(14-18)30(33)34)28-21-10-11-24(23(15-21)26(32)27-20-8-9-20)29-13-12-17-4-1-2-5-19(17)16-29/h1-7,10-11,14-15,20H,8-9,12-13,16H2,(H,27,32)(H,28,31). The second-order valence-corrected chi connectivity index (χ2v) is 8.68. The number of nitro groups is 1. The number of carbonyl (C=O) groups excluding carboxylic acids is 2. The molecule has 0 radical (unpaired) electrons. The molecule has 1 aliphatic heterocycles. The Hall–Kier alpha value is -4.20. The lowest BCUT2D eigenvalue weighted by atomic mass is 9.98. The topological polar surface area (TPSA) is 105 Å². The summed E-state index contributed by atoms with van der Waals surface area (Å²) in [6.45, 7) is 1.50. The maximum Gasteiger partial charge on any atom is 0.270 e. The van der Waals surface area contributed by atoms with Gasteiger partial charge in [-0.2, -0.15) is 0 Å². The molecule has 2 aliphatic rings. The average Bonchev–Trinajstić information content (AvgIpc) is 3.67. The Balaban J connectivity index is 1.42. The van der Waals surface area contributed by atoms with Crippen LogP contribution in [0.5, 0.6) is 0 Å². The van der Waals surface area contributed by atoms with Gasteiger partial charge in [0.1, 0.15) is 0 Å². The maximum absolute atomic E-state index is 13.1. The minimum Gasteiger partial charge on any atom is -0.366 e. The van der Waals surface area contributed by atoms with E-state index < -0.39 is 10.8 Å². The highest BCUT2D eigenvalue weighted by Crippen LogP contribution is 2.31. The van der Waals surface area contributed by atoms with E-state index in [9.17, 15) is 19.7 Å². The van der Waals surface area contributed by atoms with Crippen LogP contribution >= 0.6 is 0 Å². The van der Waals surface area contributed by atoms with Crippen LogP contribution in [0, 0.1) is 10.1 Å². The van der Waals surface area contributed by atoms with Crippen LogP contribution in [0.4, 0.5) is 17.1 Å². The first-order chi connectivity index (χ1) is 16.5. The molecule has 3 aromatic carbocycles. The molecule has 0 saturated heterocycles. The van der Waals surface area contributed by atoms with Gasteiger partial charge in [0.25, 0.3) is 17.5 Å². The third-order valence-corrected chi connectivity index (χ3v) is 6.20. The first-order valence-corrected chi connectivity index (χ1v) is 11.3. The van der Waals surface area contributed by atoms with Crippen molar-refractivity contribution in [3.8, 4) is 0 Å². The fourth-order valence-electron chi connectivity index (χ4n) is 4.23. The molecular weight excluding hydrogens is 432 g/mol. The van der Waals surface area contributed by atoms with Crippen molar-refractivity contribution in [2.75, 3.05) is 16.8 Å². The van der Waals surface area contributed by atoms with E-state index >= 15 is 0 Å². The molecule has 34 heavy (non-hydrogen) atoms. The summed E-state index contributed by atoms with van der Waals surface area (Å²) in [5.74, 6) is -0.639.